The first-order valence-corrected chi connectivity index (χ1v) is 15.3. The molecule has 1 aromatic heterocycles. The lowest BCUT2D eigenvalue weighted by Gasteiger charge is -2.43. The lowest BCUT2D eigenvalue weighted by molar-refractivity contribution is -0.697. The molecule has 16 heteroatoms. The Morgan fingerprint density at radius 1 is 1.04 bits per heavy atom. The molecule has 0 saturated carbocycles. The third-order valence-electron chi connectivity index (χ3n) is 7.42. The van der Waals surface area contributed by atoms with Crippen molar-refractivity contribution >= 4 is 47.1 Å². The Bertz CT molecular complexity index is 1590. The Morgan fingerprint density at radius 2 is 1.76 bits per heavy atom. The lowest BCUT2D eigenvalue weighted by Crippen LogP contribution is -2.64. The van der Waals surface area contributed by atoms with Gasteiger partial charge < -0.3 is 15.7 Å². The SMILES string of the molecule is O=C(O)C[C@H](NC(=O)[C@@H]1CCCN2C(=O)CC[C@H](NC(=O)c3ccccc3)C(=O)N12)C(=O)CSc1nn[nH][n+]1-c1ccccc1. The first-order chi connectivity index (χ1) is 21.7. The van der Waals surface area contributed by atoms with Crippen molar-refractivity contribution in [2.24, 2.45) is 0 Å². The van der Waals surface area contributed by atoms with Crippen molar-refractivity contribution in [3.63, 3.8) is 0 Å². The summed E-state index contributed by atoms with van der Waals surface area (Å²) in [5.41, 5.74) is 1.04. The van der Waals surface area contributed by atoms with Crippen LogP contribution in [0.25, 0.3) is 5.69 Å². The third-order valence-corrected chi connectivity index (χ3v) is 8.37. The van der Waals surface area contributed by atoms with E-state index in [0.29, 0.717) is 22.8 Å². The van der Waals surface area contributed by atoms with Crippen molar-refractivity contribution in [1.82, 2.24) is 36.2 Å². The van der Waals surface area contributed by atoms with E-state index in [0.717, 1.165) is 16.8 Å². The zero-order valence-electron chi connectivity index (χ0n) is 24.0. The van der Waals surface area contributed by atoms with E-state index in [4.69, 9.17) is 0 Å². The number of carbonyl (C=O) groups is 6. The van der Waals surface area contributed by atoms with Gasteiger partial charge in [-0.05, 0) is 55.3 Å². The number of carboxylic acids is 1. The first-order valence-electron chi connectivity index (χ1n) is 14.3. The van der Waals surface area contributed by atoms with E-state index in [9.17, 15) is 33.9 Å². The van der Waals surface area contributed by atoms with Crippen LogP contribution in [-0.2, 0) is 24.0 Å². The van der Waals surface area contributed by atoms with Crippen molar-refractivity contribution in [2.75, 3.05) is 12.3 Å². The maximum atomic E-state index is 13.7. The van der Waals surface area contributed by atoms with E-state index in [1.54, 1.807) is 47.1 Å². The molecule has 3 atom stereocenters. The Balaban J connectivity index is 1.30. The standard InChI is InChI=1S/C29H30N8O7S/c38-23(17-45-29-32-33-34-36(29)19-10-5-2-6-11-19)21(16-25(40)41)31-27(43)22-12-7-15-35-24(39)14-13-20(28(44)37(22)35)30-26(42)18-8-3-1-4-9-18/h1-6,8-11,20-22H,7,12-17H2,(H3,30,31,40,41,42,43)/p+1/t20-,21-,22-/m0/s1. The van der Waals surface area contributed by atoms with Crippen LogP contribution in [-0.4, -0.2) is 96.5 Å². The van der Waals surface area contributed by atoms with Crippen LogP contribution in [0.1, 0.15) is 42.5 Å². The minimum atomic E-state index is -1.42. The molecule has 2 saturated heterocycles. The van der Waals surface area contributed by atoms with Crippen LogP contribution in [0.2, 0.25) is 0 Å². The number of aliphatic carboxylic acids is 1. The number of hydrazine groups is 1. The molecule has 234 valence electrons. The maximum Gasteiger partial charge on any atom is 0.365 e. The van der Waals surface area contributed by atoms with Gasteiger partial charge in [0.25, 0.3) is 11.8 Å². The van der Waals surface area contributed by atoms with Gasteiger partial charge in [0.15, 0.2) is 11.0 Å². The smallest absolute Gasteiger partial charge is 0.365 e. The second-order valence-corrected chi connectivity index (χ2v) is 11.4. The summed E-state index contributed by atoms with van der Waals surface area (Å²) in [4.78, 5) is 78.1. The molecule has 0 bridgehead atoms. The quantitative estimate of drug-likeness (QED) is 0.165. The van der Waals surface area contributed by atoms with Gasteiger partial charge in [-0.15, -0.1) is 4.68 Å². The van der Waals surface area contributed by atoms with Crippen LogP contribution in [0.3, 0.4) is 0 Å². The Morgan fingerprint density at radius 3 is 2.47 bits per heavy atom. The number of ketones is 1. The minimum absolute atomic E-state index is 0.0291. The summed E-state index contributed by atoms with van der Waals surface area (Å²) in [7, 11) is 0. The van der Waals surface area contributed by atoms with Gasteiger partial charge in [0.2, 0.25) is 11.8 Å². The second-order valence-electron chi connectivity index (χ2n) is 10.5. The largest absolute Gasteiger partial charge is 0.481 e. The molecule has 2 fully saturated rings. The van der Waals surface area contributed by atoms with E-state index in [1.165, 1.54) is 5.01 Å². The van der Waals surface area contributed by atoms with Gasteiger partial charge in [-0.2, -0.15) is 0 Å². The number of carboxylic acid groups (broad SMARTS) is 1. The highest BCUT2D eigenvalue weighted by Gasteiger charge is 2.45. The molecular formula is C29H31N8O7S+. The fourth-order valence-corrected chi connectivity index (χ4v) is 6.04. The number of hydrogen-bond donors (Lipinski definition) is 4. The fraction of sp³-hybridized carbons (Fsp3) is 0.345. The molecule has 3 aromatic rings. The number of aromatic amines is 1. The number of nitrogens with one attached hydrogen (secondary N) is 3. The van der Waals surface area contributed by atoms with Crippen LogP contribution < -0.4 is 15.3 Å². The van der Waals surface area contributed by atoms with E-state index in [2.05, 4.69) is 26.2 Å². The molecule has 0 radical (unpaired) electrons. The second kappa shape index (κ2) is 14.1. The summed E-state index contributed by atoms with van der Waals surface area (Å²) in [5, 5.41) is 27.8. The molecule has 0 spiro atoms. The number of aromatic nitrogens is 4. The molecule has 0 unspecified atom stereocenters. The molecule has 3 heterocycles. The number of thioether (sulfide) groups is 1. The van der Waals surface area contributed by atoms with Crippen LogP contribution in [0.15, 0.2) is 65.8 Å². The highest BCUT2D eigenvalue weighted by Crippen LogP contribution is 2.25. The Hall–Kier alpha value is -5.12. The van der Waals surface area contributed by atoms with Crippen LogP contribution in [0.5, 0.6) is 0 Å². The average molecular weight is 636 g/mol. The summed E-state index contributed by atoms with van der Waals surface area (Å²) in [6.07, 6.45) is -0.118. The predicted octanol–water partition coefficient (Wildman–Crippen LogP) is 0.0291. The summed E-state index contributed by atoms with van der Waals surface area (Å²) < 4.78 is 1.55. The summed E-state index contributed by atoms with van der Waals surface area (Å²) in [5.74, 6) is -4.43. The summed E-state index contributed by atoms with van der Waals surface area (Å²) in [6, 6.07) is 13.7. The van der Waals surface area contributed by atoms with Crippen molar-refractivity contribution in [2.45, 2.75) is 55.4 Å². The minimum Gasteiger partial charge on any atom is -0.481 e. The molecular weight excluding hydrogens is 604 g/mol. The topological polar surface area (TPSA) is 199 Å². The Labute approximate surface area is 261 Å². The molecule has 15 nitrogen and oxygen atoms in total. The van der Waals surface area contributed by atoms with E-state index < -0.39 is 54.0 Å². The number of Topliss-reactive ketones (excluding diaryl/α,β-unsaturated/α-hetero) is 1. The molecule has 45 heavy (non-hydrogen) atoms. The van der Waals surface area contributed by atoms with Crippen molar-refractivity contribution in [3.05, 3.63) is 66.2 Å². The van der Waals surface area contributed by atoms with Crippen molar-refractivity contribution in [3.8, 4) is 5.69 Å². The summed E-state index contributed by atoms with van der Waals surface area (Å²) >= 11 is 1.01. The molecule has 2 aromatic carbocycles. The van der Waals surface area contributed by atoms with Crippen molar-refractivity contribution < 1.29 is 38.6 Å². The van der Waals surface area contributed by atoms with Gasteiger partial charge in [0.05, 0.1) is 18.2 Å². The summed E-state index contributed by atoms with van der Waals surface area (Å²) in [6.45, 7) is 0.195. The van der Waals surface area contributed by atoms with Gasteiger partial charge in [0.1, 0.15) is 22.9 Å². The number of rotatable bonds is 11. The number of amides is 4. The number of nitrogens with zero attached hydrogens (tertiary/aromatic N) is 5. The van der Waals surface area contributed by atoms with Crippen LogP contribution in [0.4, 0.5) is 0 Å². The zero-order valence-corrected chi connectivity index (χ0v) is 24.8. The van der Waals surface area contributed by atoms with Gasteiger partial charge in [0, 0.05) is 18.5 Å². The number of tetrazole rings is 1. The van der Waals surface area contributed by atoms with Crippen LogP contribution in [0, 0.1) is 0 Å². The number of para-hydroxylation sites is 1. The Kier molecular flexibility index (Phi) is 9.82. The van der Waals surface area contributed by atoms with Gasteiger partial charge in [-0.1, -0.05) is 41.6 Å². The fourth-order valence-electron chi connectivity index (χ4n) is 5.20. The van der Waals surface area contributed by atoms with Gasteiger partial charge in [-0.25, -0.2) is 5.01 Å². The molecule has 2 aliphatic heterocycles. The van der Waals surface area contributed by atoms with E-state index in [-0.39, 0.29) is 37.5 Å². The predicted molar refractivity (Wildman–Crippen MR) is 156 cm³/mol. The van der Waals surface area contributed by atoms with Gasteiger partial charge in [-0.3, -0.25) is 33.8 Å². The maximum absolute atomic E-state index is 13.7. The number of H-pyrrole nitrogens is 1. The third kappa shape index (κ3) is 7.34. The highest BCUT2D eigenvalue weighted by atomic mass is 32.2. The number of hydrogen-bond acceptors (Lipinski definition) is 9. The number of carbonyl (C=O) groups excluding carboxylic acids is 5. The molecule has 4 amide bonds. The van der Waals surface area contributed by atoms with Crippen LogP contribution >= 0.6 is 11.8 Å². The van der Waals surface area contributed by atoms with E-state index >= 15 is 0 Å². The monoisotopic (exact) mass is 635 g/mol. The lowest BCUT2D eigenvalue weighted by atomic mass is 10.0. The molecule has 4 N–H and O–H groups in total. The molecule has 2 aliphatic rings. The number of benzene rings is 2. The number of fused-ring (bicyclic) bond motifs is 1. The molecule has 5 rings (SSSR count). The van der Waals surface area contributed by atoms with E-state index in [1.807, 2.05) is 18.2 Å². The van der Waals surface area contributed by atoms with Crippen molar-refractivity contribution in [1.29, 1.82) is 0 Å². The average Bonchev–Trinajstić information content (AvgIpc) is 3.49. The zero-order chi connectivity index (χ0) is 31.9. The first kappa shape index (κ1) is 31.3. The highest BCUT2D eigenvalue weighted by molar-refractivity contribution is 7.99. The normalized spacial score (nSPS) is 18.8. The van der Waals surface area contributed by atoms with Gasteiger partial charge >= 0.3 is 11.1 Å². The molecule has 0 aliphatic carbocycles.